The van der Waals surface area contributed by atoms with Crippen LogP contribution in [0.2, 0.25) is 0 Å². The molecule has 19 heavy (non-hydrogen) atoms. The van der Waals surface area contributed by atoms with Crippen molar-refractivity contribution in [2.45, 2.75) is 32.8 Å². The maximum Gasteiger partial charge on any atom is 0.253 e. The van der Waals surface area contributed by atoms with Crippen molar-refractivity contribution in [2.24, 2.45) is 5.92 Å². The summed E-state index contributed by atoms with van der Waals surface area (Å²) in [6, 6.07) is 0. The highest BCUT2D eigenvalue weighted by Crippen LogP contribution is 2.22. The van der Waals surface area contributed by atoms with Crippen LogP contribution in [0.5, 0.6) is 0 Å². The van der Waals surface area contributed by atoms with Crippen LogP contribution >= 0.6 is 0 Å². The maximum absolute atomic E-state index is 13.3. The number of pyridine rings is 1. The molecule has 0 aromatic carbocycles. The molecule has 0 spiro atoms. The first-order valence-electron chi connectivity index (χ1n) is 6.04. The maximum atomic E-state index is 13.3. The highest BCUT2D eigenvalue weighted by atomic mass is 19.2. The van der Waals surface area contributed by atoms with Gasteiger partial charge in [-0.1, -0.05) is 26.7 Å². The molecular weight excluding hydrogens is 264 g/mol. The molecule has 1 aromatic heterocycles. The minimum absolute atomic E-state index is 0.0600. The molecule has 1 unspecified atom stereocenters. The Morgan fingerprint density at radius 2 is 1.53 bits per heavy atom. The van der Waals surface area contributed by atoms with Crippen molar-refractivity contribution >= 4 is 5.69 Å². The molecule has 2 N–H and O–H groups in total. The fourth-order valence-corrected chi connectivity index (χ4v) is 1.85. The van der Waals surface area contributed by atoms with Crippen LogP contribution in [0.4, 0.5) is 23.2 Å². The summed E-state index contributed by atoms with van der Waals surface area (Å²) in [6.07, 6.45) is 0.500. The lowest BCUT2D eigenvalue weighted by Gasteiger charge is -2.21. The number of nitrogens with one attached hydrogen (secondary N) is 1. The number of aromatic nitrogens is 1. The number of aliphatic hydroxyl groups is 1. The Morgan fingerprint density at radius 1 is 1.05 bits per heavy atom. The van der Waals surface area contributed by atoms with E-state index in [1.54, 1.807) is 0 Å². The smallest absolute Gasteiger partial charge is 0.253 e. The van der Waals surface area contributed by atoms with Gasteiger partial charge in [-0.2, -0.15) is 22.5 Å². The minimum Gasteiger partial charge on any atom is -0.391 e. The molecule has 0 saturated carbocycles. The number of anilines is 1. The van der Waals surface area contributed by atoms with Crippen LogP contribution < -0.4 is 5.32 Å². The number of hydrogen-bond donors (Lipinski definition) is 2. The Balaban J connectivity index is 2.83. The Labute approximate surface area is 108 Å². The Kier molecular flexibility index (Phi) is 5.53. The van der Waals surface area contributed by atoms with E-state index in [1.807, 2.05) is 13.8 Å². The monoisotopic (exact) mass is 280 g/mol. The lowest BCUT2D eigenvalue weighted by Crippen LogP contribution is -2.28. The molecular formula is C12H16F4N2O. The first-order chi connectivity index (χ1) is 8.92. The molecule has 0 radical (unpaired) electrons. The predicted molar refractivity (Wildman–Crippen MR) is 62.6 cm³/mol. The zero-order chi connectivity index (χ0) is 14.6. The second-order valence-electron chi connectivity index (χ2n) is 4.22. The minimum atomic E-state index is -1.72. The van der Waals surface area contributed by atoms with E-state index in [9.17, 15) is 22.7 Å². The van der Waals surface area contributed by atoms with Gasteiger partial charge in [0.05, 0.1) is 6.10 Å². The molecule has 1 rings (SSSR count). The fraction of sp³-hybridized carbons (Fsp3) is 0.583. The summed E-state index contributed by atoms with van der Waals surface area (Å²) in [5.41, 5.74) is -0.949. The molecule has 108 valence electrons. The molecule has 0 aliphatic carbocycles. The lowest BCUT2D eigenvalue weighted by molar-refractivity contribution is 0.114. The third-order valence-electron chi connectivity index (χ3n) is 3.08. The van der Waals surface area contributed by atoms with Crippen LogP contribution in [-0.4, -0.2) is 22.7 Å². The summed E-state index contributed by atoms with van der Waals surface area (Å²) in [4.78, 5) is 2.44. The molecule has 3 nitrogen and oxygen atoms in total. The fourth-order valence-electron chi connectivity index (χ4n) is 1.85. The van der Waals surface area contributed by atoms with Gasteiger partial charge in [0.1, 0.15) is 5.69 Å². The average molecular weight is 280 g/mol. The SMILES string of the molecule is CCC(CC)C(O)CNc1c(F)c(F)nc(F)c1F. The van der Waals surface area contributed by atoms with Crippen LogP contribution in [0.25, 0.3) is 0 Å². The molecule has 0 saturated heterocycles. The second kappa shape index (κ2) is 6.70. The summed E-state index contributed by atoms with van der Waals surface area (Å²) >= 11 is 0. The number of rotatable bonds is 6. The Bertz CT molecular complexity index is 412. The number of aliphatic hydroxyl groups excluding tert-OH is 1. The molecule has 1 atom stereocenters. The van der Waals surface area contributed by atoms with Gasteiger partial charge in [-0.15, -0.1) is 0 Å². The molecule has 7 heteroatoms. The van der Waals surface area contributed by atoms with Crippen molar-refractivity contribution in [1.29, 1.82) is 0 Å². The highest BCUT2D eigenvalue weighted by molar-refractivity contribution is 5.45. The van der Waals surface area contributed by atoms with Gasteiger partial charge in [0.2, 0.25) is 11.6 Å². The number of nitrogens with zero attached hydrogens (tertiary/aromatic N) is 1. The van der Waals surface area contributed by atoms with Gasteiger partial charge in [-0.05, 0) is 5.92 Å². The zero-order valence-corrected chi connectivity index (χ0v) is 10.7. The number of hydrogen-bond acceptors (Lipinski definition) is 3. The molecule has 1 aromatic rings. The average Bonchev–Trinajstić information content (AvgIpc) is 2.38. The summed E-state index contributed by atoms with van der Waals surface area (Å²) in [7, 11) is 0. The quantitative estimate of drug-likeness (QED) is 0.622. The van der Waals surface area contributed by atoms with E-state index >= 15 is 0 Å². The third kappa shape index (κ3) is 3.56. The second-order valence-corrected chi connectivity index (χ2v) is 4.22. The van der Waals surface area contributed by atoms with E-state index in [0.29, 0.717) is 12.8 Å². The van der Waals surface area contributed by atoms with Crippen molar-refractivity contribution in [2.75, 3.05) is 11.9 Å². The molecule has 0 aliphatic rings. The first kappa shape index (κ1) is 15.7. The van der Waals surface area contributed by atoms with Crippen molar-refractivity contribution in [3.8, 4) is 0 Å². The Hall–Kier alpha value is -1.37. The van der Waals surface area contributed by atoms with Gasteiger partial charge in [0, 0.05) is 6.54 Å². The molecule has 0 fully saturated rings. The van der Waals surface area contributed by atoms with E-state index in [4.69, 9.17) is 0 Å². The van der Waals surface area contributed by atoms with E-state index in [1.165, 1.54) is 0 Å². The van der Waals surface area contributed by atoms with Crippen LogP contribution in [0.15, 0.2) is 0 Å². The van der Waals surface area contributed by atoms with Crippen LogP contribution in [0.1, 0.15) is 26.7 Å². The lowest BCUT2D eigenvalue weighted by atomic mass is 9.96. The summed E-state index contributed by atoms with van der Waals surface area (Å²) in [6.45, 7) is 3.53. The zero-order valence-electron chi connectivity index (χ0n) is 10.7. The van der Waals surface area contributed by atoms with Crippen LogP contribution in [0, 0.1) is 29.4 Å². The van der Waals surface area contributed by atoms with Gasteiger partial charge in [-0.25, -0.2) is 0 Å². The van der Waals surface area contributed by atoms with Gasteiger partial charge >= 0.3 is 0 Å². The Morgan fingerprint density at radius 3 is 1.95 bits per heavy atom. The predicted octanol–water partition coefficient (Wildman–Crippen LogP) is 2.85. The normalized spacial score (nSPS) is 12.8. The summed E-state index contributed by atoms with van der Waals surface area (Å²) in [5.74, 6) is -6.71. The van der Waals surface area contributed by atoms with Gasteiger partial charge < -0.3 is 10.4 Å². The van der Waals surface area contributed by atoms with Crippen molar-refractivity contribution in [3.63, 3.8) is 0 Å². The number of halogens is 4. The topological polar surface area (TPSA) is 45.1 Å². The first-order valence-corrected chi connectivity index (χ1v) is 6.04. The molecule has 0 bridgehead atoms. The van der Waals surface area contributed by atoms with Crippen LogP contribution in [0.3, 0.4) is 0 Å². The highest BCUT2D eigenvalue weighted by Gasteiger charge is 2.22. The molecule has 0 amide bonds. The summed E-state index contributed by atoms with van der Waals surface area (Å²) in [5, 5.41) is 12.0. The van der Waals surface area contributed by atoms with E-state index in [0.717, 1.165) is 0 Å². The van der Waals surface area contributed by atoms with Crippen molar-refractivity contribution < 1.29 is 22.7 Å². The van der Waals surface area contributed by atoms with E-state index in [2.05, 4.69) is 10.3 Å². The van der Waals surface area contributed by atoms with E-state index in [-0.39, 0.29) is 12.5 Å². The van der Waals surface area contributed by atoms with Crippen molar-refractivity contribution in [3.05, 3.63) is 23.5 Å². The summed E-state index contributed by atoms with van der Waals surface area (Å²) < 4.78 is 52.2. The third-order valence-corrected chi connectivity index (χ3v) is 3.08. The standard InChI is InChI=1S/C12H16F4N2O/c1-3-6(4-2)7(19)5-17-10-8(13)11(15)18-12(16)9(10)14/h6-7,19H,3-5H2,1-2H3,(H,17,18). The van der Waals surface area contributed by atoms with Gasteiger partial charge in [0.15, 0.2) is 0 Å². The van der Waals surface area contributed by atoms with Gasteiger partial charge in [0.25, 0.3) is 11.9 Å². The van der Waals surface area contributed by atoms with E-state index < -0.39 is 35.3 Å². The molecule has 0 aliphatic heterocycles. The largest absolute Gasteiger partial charge is 0.391 e. The van der Waals surface area contributed by atoms with Crippen molar-refractivity contribution in [1.82, 2.24) is 4.98 Å². The van der Waals surface area contributed by atoms with Gasteiger partial charge in [-0.3, -0.25) is 0 Å². The molecule has 1 heterocycles. The van der Waals surface area contributed by atoms with Crippen LogP contribution in [-0.2, 0) is 0 Å².